The standard InChI is InChI=1S/C82H156NO8P/c1-6-8-10-12-14-16-18-20-22-24-26-28-30-32-34-36-38-39-40-41-42-43-45-46-48-50-52-54-56-58-60-62-64-66-68-70-72-74-81(84)88-78-80(79-90-92(86,87)89-77-76-83(3,4)5)91-82(85)75-73-71-69-67-65-63-61-59-57-55-53-51-49-47-44-37-35-33-31-29-27-25-23-21-19-17-15-13-11-9-7-2/h9,11,15,17,21,23,27,29,80H,6-8,10,12-14,16,18-20,22,24-26,28,30-79H2,1-5H3/b11-9-,17-15-,23-21-,29-27-. The molecular weight excluding hydrogens is 1160 g/mol. The third-order valence-corrected chi connectivity index (χ3v) is 19.3. The van der Waals surface area contributed by atoms with Crippen LogP contribution in [0.15, 0.2) is 48.6 Å². The molecule has 0 amide bonds. The number of esters is 2. The Morgan fingerprint density at radius 3 is 0.924 bits per heavy atom. The minimum Gasteiger partial charge on any atom is -0.756 e. The molecule has 10 heteroatoms. The number of rotatable bonds is 76. The molecule has 0 saturated carbocycles. The minimum absolute atomic E-state index is 0.0282. The van der Waals surface area contributed by atoms with E-state index in [0.29, 0.717) is 17.4 Å². The average molecular weight is 1320 g/mol. The van der Waals surface area contributed by atoms with Crippen LogP contribution in [0.2, 0.25) is 0 Å². The van der Waals surface area contributed by atoms with Gasteiger partial charge >= 0.3 is 11.9 Å². The van der Waals surface area contributed by atoms with Gasteiger partial charge in [-0.05, 0) is 51.4 Å². The quantitative estimate of drug-likeness (QED) is 0.0195. The molecule has 0 fully saturated rings. The van der Waals surface area contributed by atoms with Crippen molar-refractivity contribution in [1.82, 2.24) is 0 Å². The summed E-state index contributed by atoms with van der Waals surface area (Å²) in [6.45, 7) is 4.21. The molecule has 0 radical (unpaired) electrons. The number of hydrogen-bond donors (Lipinski definition) is 0. The first-order chi connectivity index (χ1) is 45.0. The maximum Gasteiger partial charge on any atom is 0.306 e. The van der Waals surface area contributed by atoms with Crippen LogP contribution in [0.5, 0.6) is 0 Å². The highest BCUT2D eigenvalue weighted by Crippen LogP contribution is 2.38. The summed E-state index contributed by atoms with van der Waals surface area (Å²) in [7, 11) is 1.19. The molecule has 0 heterocycles. The fourth-order valence-electron chi connectivity index (χ4n) is 12.2. The second-order valence-electron chi connectivity index (χ2n) is 28.8. The number of phosphoric acid groups is 1. The first-order valence-corrected chi connectivity index (χ1v) is 41.8. The zero-order valence-corrected chi connectivity index (χ0v) is 62.9. The number of quaternary nitrogens is 1. The van der Waals surface area contributed by atoms with Crippen molar-refractivity contribution in [2.75, 3.05) is 47.5 Å². The highest BCUT2D eigenvalue weighted by atomic mass is 31.2. The number of ether oxygens (including phenoxy) is 2. The summed E-state index contributed by atoms with van der Waals surface area (Å²) in [6, 6.07) is 0. The van der Waals surface area contributed by atoms with E-state index in [1.54, 1.807) is 0 Å². The van der Waals surface area contributed by atoms with Gasteiger partial charge in [-0.15, -0.1) is 0 Å². The molecular formula is C82H156NO8P. The van der Waals surface area contributed by atoms with Crippen molar-refractivity contribution in [2.45, 2.75) is 418 Å². The van der Waals surface area contributed by atoms with Crippen LogP contribution < -0.4 is 4.89 Å². The number of nitrogens with zero attached hydrogens (tertiary/aromatic N) is 1. The van der Waals surface area contributed by atoms with Gasteiger partial charge in [0.15, 0.2) is 6.10 Å². The van der Waals surface area contributed by atoms with Gasteiger partial charge in [-0.3, -0.25) is 14.2 Å². The van der Waals surface area contributed by atoms with E-state index in [1.807, 2.05) is 21.1 Å². The van der Waals surface area contributed by atoms with Gasteiger partial charge in [-0.1, -0.05) is 396 Å². The molecule has 542 valence electrons. The Morgan fingerprint density at radius 1 is 0.348 bits per heavy atom. The second kappa shape index (κ2) is 73.2. The molecule has 0 aromatic rings. The summed E-state index contributed by atoms with van der Waals surface area (Å²) in [5, 5.41) is 0. The number of unbranched alkanes of at least 4 members (excludes halogenated alkanes) is 54. The van der Waals surface area contributed by atoms with E-state index in [1.165, 1.54) is 321 Å². The molecule has 0 aromatic heterocycles. The van der Waals surface area contributed by atoms with Crippen molar-refractivity contribution in [3.63, 3.8) is 0 Å². The number of carbonyl (C=O) groups excluding carboxylic acids is 2. The number of likely N-dealkylation sites (N-methyl/N-ethyl adjacent to an activating group) is 1. The highest BCUT2D eigenvalue weighted by molar-refractivity contribution is 7.45. The molecule has 2 atom stereocenters. The Labute approximate surface area is 573 Å². The monoisotopic (exact) mass is 1310 g/mol. The fourth-order valence-corrected chi connectivity index (χ4v) is 13.0. The van der Waals surface area contributed by atoms with Gasteiger partial charge in [-0.2, -0.15) is 0 Å². The summed E-state index contributed by atoms with van der Waals surface area (Å²) >= 11 is 0. The van der Waals surface area contributed by atoms with Crippen LogP contribution in [0.4, 0.5) is 0 Å². The third-order valence-electron chi connectivity index (χ3n) is 18.4. The smallest absolute Gasteiger partial charge is 0.306 e. The number of phosphoric ester groups is 1. The lowest BCUT2D eigenvalue weighted by Gasteiger charge is -2.28. The lowest BCUT2D eigenvalue weighted by molar-refractivity contribution is -0.870. The van der Waals surface area contributed by atoms with E-state index in [9.17, 15) is 19.0 Å². The number of hydrogen-bond acceptors (Lipinski definition) is 8. The van der Waals surface area contributed by atoms with E-state index in [4.69, 9.17) is 18.5 Å². The summed E-state index contributed by atoms with van der Waals surface area (Å²) < 4.78 is 34.4. The molecule has 0 saturated heterocycles. The molecule has 0 N–H and O–H groups in total. The lowest BCUT2D eigenvalue weighted by atomic mass is 10.0. The van der Waals surface area contributed by atoms with Gasteiger partial charge in [-0.25, -0.2) is 0 Å². The predicted molar refractivity (Wildman–Crippen MR) is 397 cm³/mol. The van der Waals surface area contributed by atoms with Gasteiger partial charge < -0.3 is 27.9 Å². The largest absolute Gasteiger partial charge is 0.756 e. The molecule has 9 nitrogen and oxygen atoms in total. The van der Waals surface area contributed by atoms with Gasteiger partial charge in [0.2, 0.25) is 0 Å². The van der Waals surface area contributed by atoms with Crippen molar-refractivity contribution < 1.29 is 42.1 Å². The zero-order chi connectivity index (χ0) is 66.9. The predicted octanol–water partition coefficient (Wildman–Crippen LogP) is 26.1. The summed E-state index contributed by atoms with van der Waals surface area (Å²) in [4.78, 5) is 38.2. The third kappa shape index (κ3) is 77.0. The topological polar surface area (TPSA) is 111 Å². The van der Waals surface area contributed by atoms with Crippen molar-refractivity contribution in [3.05, 3.63) is 48.6 Å². The average Bonchev–Trinajstić information content (AvgIpc) is 2.14. The van der Waals surface area contributed by atoms with Crippen molar-refractivity contribution in [2.24, 2.45) is 0 Å². The molecule has 92 heavy (non-hydrogen) atoms. The van der Waals surface area contributed by atoms with Gasteiger partial charge in [0.1, 0.15) is 19.8 Å². The van der Waals surface area contributed by atoms with Gasteiger partial charge in [0.05, 0.1) is 27.7 Å². The van der Waals surface area contributed by atoms with E-state index >= 15 is 0 Å². The van der Waals surface area contributed by atoms with Crippen LogP contribution in [-0.4, -0.2) is 70.0 Å². The Kier molecular flexibility index (Phi) is 71.6. The van der Waals surface area contributed by atoms with Crippen LogP contribution in [-0.2, 0) is 32.7 Å². The van der Waals surface area contributed by atoms with Crippen molar-refractivity contribution in [3.8, 4) is 0 Å². The second-order valence-corrected chi connectivity index (χ2v) is 30.2. The van der Waals surface area contributed by atoms with E-state index in [0.717, 1.165) is 57.8 Å². The maximum atomic E-state index is 12.9. The summed E-state index contributed by atoms with van der Waals surface area (Å²) in [6.07, 6.45) is 96.8. The zero-order valence-electron chi connectivity index (χ0n) is 62.0. The first-order valence-electron chi connectivity index (χ1n) is 40.3. The van der Waals surface area contributed by atoms with Crippen LogP contribution in [0.25, 0.3) is 0 Å². The van der Waals surface area contributed by atoms with Crippen LogP contribution in [0.1, 0.15) is 412 Å². The Bertz CT molecular complexity index is 1690. The summed E-state index contributed by atoms with van der Waals surface area (Å²) in [5.74, 6) is -0.809. The molecule has 0 rings (SSSR count). The molecule has 0 aliphatic rings. The maximum absolute atomic E-state index is 12.9. The van der Waals surface area contributed by atoms with E-state index in [-0.39, 0.29) is 32.0 Å². The fraction of sp³-hybridized carbons (Fsp3) is 0.878. The van der Waals surface area contributed by atoms with Crippen molar-refractivity contribution >= 4 is 19.8 Å². The SMILES string of the molecule is CC/C=C\C/C=C\C/C=C\C/C=C\CCCCCCCCCCCCCCCCCCCCC(=O)OC(COC(=O)CCCCCCCCCCCCCCCCCCCCCCCCCCCCCCCCCCCCCCC)COP(=O)([O-])OCC[N+](C)(C)C. The van der Waals surface area contributed by atoms with E-state index in [2.05, 4.69) is 62.5 Å². The van der Waals surface area contributed by atoms with E-state index < -0.39 is 26.5 Å². The van der Waals surface area contributed by atoms with Crippen LogP contribution in [0, 0.1) is 0 Å². The molecule has 0 aliphatic heterocycles. The first kappa shape index (κ1) is 90.0. The highest BCUT2D eigenvalue weighted by Gasteiger charge is 2.22. The normalized spacial score (nSPS) is 13.2. The number of allylic oxidation sites excluding steroid dienone is 8. The lowest BCUT2D eigenvalue weighted by Crippen LogP contribution is -2.37. The van der Waals surface area contributed by atoms with Crippen LogP contribution >= 0.6 is 7.82 Å². The molecule has 0 bridgehead atoms. The Morgan fingerprint density at radius 2 is 0.620 bits per heavy atom. The molecule has 0 aromatic carbocycles. The minimum atomic E-state index is -4.64. The Hall–Kier alpha value is -2.03. The van der Waals surface area contributed by atoms with Crippen molar-refractivity contribution in [1.29, 1.82) is 0 Å². The molecule has 0 aliphatic carbocycles. The van der Waals surface area contributed by atoms with Gasteiger partial charge in [0.25, 0.3) is 7.82 Å². The van der Waals surface area contributed by atoms with Crippen LogP contribution in [0.3, 0.4) is 0 Å². The Balaban J connectivity index is 3.89. The molecule has 0 spiro atoms. The molecule has 2 unspecified atom stereocenters. The van der Waals surface area contributed by atoms with Gasteiger partial charge in [0, 0.05) is 12.8 Å². The number of carbonyl (C=O) groups is 2. The summed E-state index contributed by atoms with van der Waals surface area (Å²) in [5.41, 5.74) is 0.